The van der Waals surface area contributed by atoms with Gasteiger partial charge in [-0.05, 0) is 54.8 Å². The van der Waals surface area contributed by atoms with Crippen LogP contribution in [0.2, 0.25) is 0 Å². The summed E-state index contributed by atoms with van der Waals surface area (Å²) >= 11 is 0. The maximum Gasteiger partial charge on any atom is 0.254 e. The number of aryl methyl sites for hydroxylation is 1. The maximum atomic E-state index is 13.4. The van der Waals surface area contributed by atoms with Gasteiger partial charge in [0.2, 0.25) is 0 Å². The molecule has 0 spiro atoms. The van der Waals surface area contributed by atoms with Crippen molar-refractivity contribution in [3.8, 4) is 0 Å². The van der Waals surface area contributed by atoms with E-state index in [1.165, 1.54) is 5.56 Å². The summed E-state index contributed by atoms with van der Waals surface area (Å²) in [5, 5.41) is 3.43. The number of aromatic nitrogens is 3. The molecule has 5 rings (SSSR count). The van der Waals surface area contributed by atoms with Gasteiger partial charge in [0.25, 0.3) is 5.91 Å². The minimum absolute atomic E-state index is 0.0430. The van der Waals surface area contributed by atoms with E-state index >= 15 is 0 Å². The highest BCUT2D eigenvalue weighted by Crippen LogP contribution is 2.21. The molecule has 1 aliphatic rings. The van der Waals surface area contributed by atoms with Crippen LogP contribution in [0.1, 0.15) is 27.2 Å². The number of hydrogen-bond acceptors (Lipinski definition) is 5. The van der Waals surface area contributed by atoms with Crippen molar-refractivity contribution >= 4 is 17.2 Å². The van der Waals surface area contributed by atoms with Crippen molar-refractivity contribution < 1.29 is 9.53 Å². The monoisotopic (exact) mass is 455 g/mol. The third-order valence-electron chi connectivity index (χ3n) is 6.27. The number of rotatable bonds is 6. The summed E-state index contributed by atoms with van der Waals surface area (Å²) in [5.41, 5.74) is 5.84. The van der Waals surface area contributed by atoms with Gasteiger partial charge in [0.05, 0.1) is 25.5 Å². The Morgan fingerprint density at radius 2 is 2.09 bits per heavy atom. The number of fused-ring (bicyclic) bond motifs is 1. The van der Waals surface area contributed by atoms with Crippen molar-refractivity contribution in [2.45, 2.75) is 19.9 Å². The van der Waals surface area contributed by atoms with Gasteiger partial charge in [-0.1, -0.05) is 18.2 Å². The van der Waals surface area contributed by atoms with Crippen molar-refractivity contribution in [3.05, 3.63) is 95.7 Å². The molecule has 0 unspecified atom stereocenters. The molecule has 1 aliphatic heterocycles. The zero-order valence-electron chi connectivity index (χ0n) is 19.4. The molecule has 0 aliphatic carbocycles. The third-order valence-corrected chi connectivity index (χ3v) is 6.27. The summed E-state index contributed by atoms with van der Waals surface area (Å²) in [6, 6.07) is 15.9. The minimum atomic E-state index is 0.0430. The summed E-state index contributed by atoms with van der Waals surface area (Å²) in [7, 11) is 0. The Hall–Kier alpha value is -3.71. The van der Waals surface area contributed by atoms with Gasteiger partial charge in [-0.25, -0.2) is 4.98 Å². The third kappa shape index (κ3) is 5.10. The van der Waals surface area contributed by atoms with E-state index in [4.69, 9.17) is 4.74 Å². The first kappa shape index (κ1) is 22.1. The number of hydrogen-bond donors (Lipinski definition) is 1. The van der Waals surface area contributed by atoms with E-state index in [-0.39, 0.29) is 11.8 Å². The molecule has 0 saturated carbocycles. The molecule has 3 aromatic heterocycles. The lowest BCUT2D eigenvalue weighted by Crippen LogP contribution is -2.36. The first-order valence-corrected chi connectivity index (χ1v) is 11.7. The van der Waals surface area contributed by atoms with Crippen LogP contribution < -0.4 is 5.32 Å². The molecule has 174 valence electrons. The predicted molar refractivity (Wildman–Crippen MR) is 132 cm³/mol. The Balaban J connectivity index is 1.27. The molecule has 1 N–H and O–H groups in total. The van der Waals surface area contributed by atoms with E-state index in [1.807, 2.05) is 64.9 Å². The van der Waals surface area contributed by atoms with E-state index in [0.717, 1.165) is 29.0 Å². The Labute approximate surface area is 199 Å². The van der Waals surface area contributed by atoms with Gasteiger partial charge in [0.15, 0.2) is 0 Å². The van der Waals surface area contributed by atoms with E-state index in [1.54, 1.807) is 12.4 Å². The van der Waals surface area contributed by atoms with Gasteiger partial charge in [-0.3, -0.25) is 9.78 Å². The molecular formula is C27H29N5O2. The molecule has 0 bridgehead atoms. The van der Waals surface area contributed by atoms with Crippen LogP contribution in [0.3, 0.4) is 0 Å². The van der Waals surface area contributed by atoms with Crippen LogP contribution in [-0.2, 0) is 17.7 Å². The number of anilines is 1. The smallest absolute Gasteiger partial charge is 0.254 e. The second-order valence-corrected chi connectivity index (χ2v) is 8.83. The summed E-state index contributed by atoms with van der Waals surface area (Å²) in [6.07, 6.45) is 8.50. The highest BCUT2D eigenvalue weighted by Gasteiger charge is 2.24. The fourth-order valence-electron chi connectivity index (χ4n) is 4.43. The molecule has 0 radical (unpaired) electrons. The van der Waals surface area contributed by atoms with Crippen molar-refractivity contribution in [1.29, 1.82) is 0 Å². The SMILES string of the molecule is Cc1ccc(C(=O)N2CCOC[C@H](Cc3ccc4nccn4c3)C2)cc1NCc1ccccn1. The molecule has 7 heteroatoms. The predicted octanol–water partition coefficient (Wildman–Crippen LogP) is 3.98. The first-order chi connectivity index (χ1) is 16.7. The lowest BCUT2D eigenvalue weighted by molar-refractivity contribution is 0.0737. The Kier molecular flexibility index (Phi) is 6.53. The lowest BCUT2D eigenvalue weighted by Gasteiger charge is -2.24. The summed E-state index contributed by atoms with van der Waals surface area (Å²) in [6.45, 7) is 5.13. The molecule has 1 atom stereocenters. The topological polar surface area (TPSA) is 71.8 Å². The highest BCUT2D eigenvalue weighted by molar-refractivity contribution is 5.95. The fraction of sp³-hybridized carbons (Fsp3) is 0.296. The number of nitrogens with one attached hydrogen (secondary N) is 1. The standard InChI is InChI=1S/C27H29N5O2/c1-20-5-7-23(15-25(20)30-16-24-4-2-3-9-28-24)27(33)32-12-13-34-19-22(18-32)14-21-6-8-26-29-10-11-31(26)17-21/h2-11,15,17,22,30H,12-14,16,18-19H2,1H3/t22-/m1/s1. The number of nitrogens with zero attached hydrogens (tertiary/aromatic N) is 4. The fourth-order valence-corrected chi connectivity index (χ4v) is 4.43. The Morgan fingerprint density at radius 3 is 2.97 bits per heavy atom. The van der Waals surface area contributed by atoms with Crippen LogP contribution >= 0.6 is 0 Å². The van der Waals surface area contributed by atoms with Crippen LogP contribution in [0.5, 0.6) is 0 Å². The minimum Gasteiger partial charge on any atom is -0.379 e. The van der Waals surface area contributed by atoms with Crippen molar-refractivity contribution in [2.24, 2.45) is 5.92 Å². The number of imidazole rings is 1. The zero-order chi connectivity index (χ0) is 23.3. The quantitative estimate of drug-likeness (QED) is 0.476. The van der Waals surface area contributed by atoms with Gasteiger partial charge >= 0.3 is 0 Å². The normalized spacial score (nSPS) is 16.4. The van der Waals surface area contributed by atoms with E-state index in [2.05, 4.69) is 27.5 Å². The van der Waals surface area contributed by atoms with Gasteiger partial charge in [0, 0.05) is 55.0 Å². The summed E-state index contributed by atoms with van der Waals surface area (Å²) < 4.78 is 7.90. The van der Waals surface area contributed by atoms with Gasteiger partial charge in [-0.15, -0.1) is 0 Å². The number of ether oxygens (including phenoxy) is 1. The molecule has 4 heterocycles. The van der Waals surface area contributed by atoms with Crippen LogP contribution in [0.25, 0.3) is 5.65 Å². The summed E-state index contributed by atoms with van der Waals surface area (Å²) in [5.74, 6) is 0.279. The van der Waals surface area contributed by atoms with Gasteiger partial charge in [0.1, 0.15) is 5.65 Å². The first-order valence-electron chi connectivity index (χ1n) is 11.7. The second-order valence-electron chi connectivity index (χ2n) is 8.83. The number of benzene rings is 1. The van der Waals surface area contributed by atoms with Gasteiger partial charge in [-0.2, -0.15) is 0 Å². The number of amides is 1. The van der Waals surface area contributed by atoms with Crippen LogP contribution in [0.15, 0.2) is 73.3 Å². The molecule has 1 saturated heterocycles. The molecular weight excluding hydrogens is 426 g/mol. The average molecular weight is 456 g/mol. The van der Waals surface area contributed by atoms with E-state index in [9.17, 15) is 4.79 Å². The van der Waals surface area contributed by atoms with E-state index < -0.39 is 0 Å². The zero-order valence-corrected chi connectivity index (χ0v) is 19.4. The number of carbonyl (C=O) groups excluding carboxylic acids is 1. The average Bonchev–Trinajstić information content (AvgIpc) is 3.21. The molecule has 1 fully saturated rings. The van der Waals surface area contributed by atoms with Gasteiger partial charge < -0.3 is 19.4 Å². The number of pyridine rings is 2. The highest BCUT2D eigenvalue weighted by atomic mass is 16.5. The molecule has 34 heavy (non-hydrogen) atoms. The molecule has 1 aromatic carbocycles. The summed E-state index contributed by atoms with van der Waals surface area (Å²) in [4.78, 5) is 24.1. The Morgan fingerprint density at radius 1 is 1.15 bits per heavy atom. The van der Waals surface area contributed by atoms with Crippen molar-refractivity contribution in [1.82, 2.24) is 19.3 Å². The van der Waals surface area contributed by atoms with Crippen molar-refractivity contribution in [3.63, 3.8) is 0 Å². The second kappa shape index (κ2) is 10.1. The lowest BCUT2D eigenvalue weighted by atomic mass is 10.00. The largest absolute Gasteiger partial charge is 0.379 e. The molecule has 7 nitrogen and oxygen atoms in total. The Bertz CT molecular complexity index is 1270. The van der Waals surface area contributed by atoms with E-state index in [0.29, 0.717) is 38.4 Å². The van der Waals surface area contributed by atoms with Crippen LogP contribution in [0, 0.1) is 12.8 Å². The number of carbonyl (C=O) groups is 1. The molecule has 4 aromatic rings. The maximum absolute atomic E-state index is 13.4. The van der Waals surface area contributed by atoms with Crippen LogP contribution in [0.4, 0.5) is 5.69 Å². The molecule has 1 amide bonds. The van der Waals surface area contributed by atoms with Crippen molar-refractivity contribution in [2.75, 3.05) is 31.6 Å². The van der Waals surface area contributed by atoms with Crippen LogP contribution in [-0.4, -0.2) is 51.5 Å².